The highest BCUT2D eigenvalue weighted by molar-refractivity contribution is 6.36. The van der Waals surface area contributed by atoms with Crippen molar-refractivity contribution < 1.29 is 18.7 Å². The van der Waals surface area contributed by atoms with Gasteiger partial charge in [0.05, 0.1) is 17.5 Å². The molecular weight excluding hydrogens is 463 g/mol. The van der Waals surface area contributed by atoms with Crippen molar-refractivity contribution in [3.05, 3.63) is 91.6 Å². The van der Waals surface area contributed by atoms with Crippen molar-refractivity contribution in [3.63, 3.8) is 0 Å². The van der Waals surface area contributed by atoms with Crippen LogP contribution in [0.2, 0.25) is 10.0 Å². The fraction of sp³-hybridized carbons (Fsp3) is 0.154. The molecule has 33 heavy (non-hydrogen) atoms. The van der Waals surface area contributed by atoms with E-state index in [9.17, 15) is 9.59 Å². The Kier molecular flexibility index (Phi) is 6.45. The lowest BCUT2D eigenvalue weighted by Gasteiger charge is -2.13. The fourth-order valence-electron chi connectivity index (χ4n) is 3.67. The lowest BCUT2D eigenvalue weighted by molar-refractivity contribution is 0.0920. The van der Waals surface area contributed by atoms with Gasteiger partial charge in [0.2, 0.25) is 17.0 Å². The third kappa shape index (κ3) is 4.61. The molecule has 0 atom stereocenters. The van der Waals surface area contributed by atoms with Crippen molar-refractivity contribution in [2.24, 2.45) is 0 Å². The van der Waals surface area contributed by atoms with Crippen molar-refractivity contribution in [2.45, 2.75) is 13.8 Å². The highest BCUT2D eigenvalue weighted by Gasteiger charge is 2.21. The number of hydrogen-bond donors (Lipinski definition) is 0. The Hall–Kier alpha value is -3.28. The van der Waals surface area contributed by atoms with E-state index in [-0.39, 0.29) is 27.5 Å². The fourth-order valence-corrected chi connectivity index (χ4v) is 4.18. The van der Waals surface area contributed by atoms with Gasteiger partial charge >= 0.3 is 0 Å². The van der Waals surface area contributed by atoms with E-state index in [4.69, 9.17) is 37.1 Å². The molecule has 3 aromatic carbocycles. The molecule has 4 aromatic rings. The van der Waals surface area contributed by atoms with Crippen LogP contribution in [-0.4, -0.2) is 19.5 Å². The maximum Gasteiger partial charge on any atom is 0.235 e. The number of fused-ring (bicyclic) bond motifs is 1. The average molecular weight is 483 g/mol. The first-order valence-corrected chi connectivity index (χ1v) is 10.9. The van der Waals surface area contributed by atoms with Gasteiger partial charge in [0.15, 0.2) is 12.4 Å². The van der Waals surface area contributed by atoms with Gasteiger partial charge in [0.1, 0.15) is 11.3 Å². The first kappa shape index (κ1) is 22.9. The maximum absolute atomic E-state index is 13.5. The van der Waals surface area contributed by atoms with Crippen molar-refractivity contribution >= 4 is 40.0 Å². The number of rotatable bonds is 6. The Balaban J connectivity index is 1.81. The monoisotopic (exact) mass is 482 g/mol. The van der Waals surface area contributed by atoms with E-state index in [0.29, 0.717) is 27.3 Å². The van der Waals surface area contributed by atoms with E-state index in [1.165, 1.54) is 12.1 Å². The molecule has 0 N–H and O–H groups in total. The third-order valence-corrected chi connectivity index (χ3v) is 5.77. The summed E-state index contributed by atoms with van der Waals surface area (Å²) in [4.78, 5) is 26.2. The summed E-state index contributed by atoms with van der Waals surface area (Å²) < 4.78 is 17.2. The number of carbonyl (C=O) groups excluding carboxylic acids is 1. The molecule has 0 saturated carbocycles. The predicted molar refractivity (Wildman–Crippen MR) is 130 cm³/mol. The van der Waals surface area contributed by atoms with E-state index in [0.717, 1.165) is 11.1 Å². The lowest BCUT2D eigenvalue weighted by atomic mass is 10.0. The summed E-state index contributed by atoms with van der Waals surface area (Å²) in [6.07, 6.45) is 0. The minimum atomic E-state index is -0.397. The summed E-state index contributed by atoms with van der Waals surface area (Å²) in [5.74, 6) is 0.453. The number of halogens is 2. The molecule has 0 aliphatic rings. The van der Waals surface area contributed by atoms with Crippen LogP contribution in [0.5, 0.6) is 11.5 Å². The quantitative estimate of drug-likeness (QED) is 0.287. The largest absolute Gasteiger partial charge is 0.497 e. The smallest absolute Gasteiger partial charge is 0.235 e. The van der Waals surface area contributed by atoms with Crippen LogP contribution in [0, 0.1) is 13.8 Å². The van der Waals surface area contributed by atoms with Gasteiger partial charge in [-0.25, -0.2) is 0 Å². The van der Waals surface area contributed by atoms with Gasteiger partial charge in [-0.2, -0.15) is 0 Å². The SMILES string of the molecule is COc1ccc(-c2oc3cc(C)cc(C)c3c(=O)c2OCC(=O)c2ccc(Cl)cc2Cl)cc1. The van der Waals surface area contributed by atoms with Crippen LogP contribution in [0.15, 0.2) is 63.8 Å². The van der Waals surface area contributed by atoms with Gasteiger partial charge in [-0.05, 0) is 73.5 Å². The standard InChI is InChI=1S/C26H20Cl2O5/c1-14-10-15(2)23-22(11-14)33-25(16-4-7-18(31-3)8-5-16)26(24(23)30)32-13-21(29)19-9-6-17(27)12-20(19)28/h4-12H,13H2,1-3H3. The number of carbonyl (C=O) groups is 1. The zero-order valence-electron chi connectivity index (χ0n) is 18.2. The molecule has 1 heterocycles. The zero-order chi connectivity index (χ0) is 23.7. The first-order chi connectivity index (χ1) is 15.8. The van der Waals surface area contributed by atoms with E-state index in [2.05, 4.69) is 0 Å². The van der Waals surface area contributed by atoms with Crippen LogP contribution in [-0.2, 0) is 0 Å². The molecular formula is C26H20Cl2O5. The van der Waals surface area contributed by atoms with Gasteiger partial charge in [0, 0.05) is 16.1 Å². The Bertz CT molecular complexity index is 1420. The van der Waals surface area contributed by atoms with Crippen LogP contribution >= 0.6 is 23.2 Å². The van der Waals surface area contributed by atoms with E-state index >= 15 is 0 Å². The summed E-state index contributed by atoms with van der Waals surface area (Å²) >= 11 is 12.1. The van der Waals surface area contributed by atoms with Crippen molar-refractivity contribution in [1.29, 1.82) is 0 Å². The lowest BCUT2D eigenvalue weighted by Crippen LogP contribution is -2.17. The molecule has 4 rings (SSSR count). The van der Waals surface area contributed by atoms with Gasteiger partial charge < -0.3 is 13.9 Å². The van der Waals surface area contributed by atoms with Crippen molar-refractivity contribution in [3.8, 4) is 22.8 Å². The summed E-state index contributed by atoms with van der Waals surface area (Å²) in [5, 5.41) is 1.04. The van der Waals surface area contributed by atoms with E-state index in [1.54, 1.807) is 43.5 Å². The second kappa shape index (κ2) is 9.30. The topological polar surface area (TPSA) is 65.7 Å². The Morgan fingerprint density at radius 1 is 1.00 bits per heavy atom. The van der Waals surface area contributed by atoms with Crippen molar-refractivity contribution in [2.75, 3.05) is 13.7 Å². The molecule has 0 aliphatic carbocycles. The minimum absolute atomic E-state index is 0.0435. The molecule has 0 radical (unpaired) electrons. The predicted octanol–water partition coefficient (Wildman–Crippen LogP) is 6.65. The molecule has 0 aliphatic heterocycles. The summed E-state index contributed by atoms with van der Waals surface area (Å²) in [7, 11) is 1.57. The maximum atomic E-state index is 13.5. The molecule has 5 nitrogen and oxygen atoms in total. The summed E-state index contributed by atoms with van der Waals surface area (Å²) in [5.41, 5.74) is 2.68. The van der Waals surface area contributed by atoms with Crippen LogP contribution in [0.4, 0.5) is 0 Å². The zero-order valence-corrected chi connectivity index (χ0v) is 19.7. The van der Waals surface area contributed by atoms with Gasteiger partial charge in [0.25, 0.3) is 0 Å². The molecule has 1 aromatic heterocycles. The summed E-state index contributed by atoms with van der Waals surface area (Å²) in [6, 6.07) is 15.3. The number of hydrogen-bond acceptors (Lipinski definition) is 5. The highest BCUT2D eigenvalue weighted by Crippen LogP contribution is 2.33. The molecule has 0 saturated heterocycles. The number of methoxy groups -OCH3 is 1. The number of ether oxygens (including phenoxy) is 2. The first-order valence-electron chi connectivity index (χ1n) is 10.1. The number of aryl methyl sites for hydroxylation is 2. The second-order valence-corrected chi connectivity index (χ2v) is 8.45. The molecule has 0 amide bonds. The highest BCUT2D eigenvalue weighted by atomic mass is 35.5. The van der Waals surface area contributed by atoms with Crippen molar-refractivity contribution in [1.82, 2.24) is 0 Å². The van der Waals surface area contributed by atoms with Gasteiger partial charge in [-0.15, -0.1) is 0 Å². The molecule has 168 valence electrons. The molecule has 0 spiro atoms. The summed E-state index contributed by atoms with van der Waals surface area (Å²) in [6.45, 7) is 3.37. The number of benzene rings is 3. The Morgan fingerprint density at radius 2 is 1.73 bits per heavy atom. The van der Waals surface area contributed by atoms with E-state index in [1.807, 2.05) is 19.9 Å². The van der Waals surface area contributed by atoms with Gasteiger partial charge in [-0.3, -0.25) is 9.59 Å². The molecule has 0 bridgehead atoms. The van der Waals surface area contributed by atoms with Crippen LogP contribution in [0.25, 0.3) is 22.3 Å². The normalized spacial score (nSPS) is 10.9. The van der Waals surface area contributed by atoms with Gasteiger partial charge in [-0.1, -0.05) is 29.3 Å². The average Bonchev–Trinajstić information content (AvgIpc) is 2.77. The minimum Gasteiger partial charge on any atom is -0.497 e. The third-order valence-electron chi connectivity index (χ3n) is 5.23. The van der Waals surface area contributed by atoms with Crippen LogP contribution in [0.3, 0.4) is 0 Å². The number of ketones is 1. The Morgan fingerprint density at radius 3 is 2.39 bits per heavy atom. The molecule has 7 heteroatoms. The second-order valence-electron chi connectivity index (χ2n) is 7.61. The molecule has 0 unspecified atom stereocenters. The molecule has 0 fully saturated rings. The van der Waals surface area contributed by atoms with Crippen LogP contribution in [0.1, 0.15) is 21.5 Å². The number of Topliss-reactive ketones (excluding diaryl/α,β-unsaturated/α-hetero) is 1. The van der Waals surface area contributed by atoms with E-state index < -0.39 is 12.4 Å². The Labute approximate surface area is 200 Å². The van der Waals surface area contributed by atoms with Crippen LogP contribution < -0.4 is 14.9 Å².